The third-order valence-electron chi connectivity index (χ3n) is 8.44. The summed E-state index contributed by atoms with van der Waals surface area (Å²) in [5.74, 6) is 0. The fraction of sp³-hybridized carbons (Fsp3) is 0. The fourth-order valence-corrected chi connectivity index (χ4v) is 6.49. The van der Waals surface area contributed by atoms with Crippen molar-refractivity contribution in [3.8, 4) is 44.5 Å². The molecule has 9 rings (SSSR count). The molecule has 1 heteroatoms. The molecule has 8 aromatic carbocycles. The Morgan fingerprint density at radius 3 is 1.67 bits per heavy atom. The van der Waals surface area contributed by atoms with Crippen molar-refractivity contribution in [2.75, 3.05) is 0 Å². The zero-order chi connectivity index (χ0) is 37.6. The summed E-state index contributed by atoms with van der Waals surface area (Å²) < 4.78 is 85.7. The predicted octanol–water partition coefficient (Wildman–Crippen LogP) is 12.6. The van der Waals surface area contributed by atoms with Crippen LogP contribution in [0.5, 0.6) is 0 Å². The number of hydrogen-bond acceptors (Lipinski definition) is 1. The van der Waals surface area contributed by atoms with Crippen molar-refractivity contribution < 1.29 is 16.8 Å². The summed E-state index contributed by atoms with van der Waals surface area (Å²) in [6.07, 6.45) is 0. The molecule has 0 bridgehead atoms. The minimum atomic E-state index is -0.464. The van der Waals surface area contributed by atoms with E-state index >= 15 is 0 Å². The molecule has 0 unspecified atom stereocenters. The minimum Gasteiger partial charge on any atom is -0.456 e. The van der Waals surface area contributed by atoms with Gasteiger partial charge in [0.1, 0.15) is 11.2 Å². The first-order valence-electron chi connectivity index (χ1n) is 19.2. The summed E-state index contributed by atoms with van der Waals surface area (Å²) in [4.78, 5) is 0. The topological polar surface area (TPSA) is 13.1 Å². The lowest BCUT2D eigenvalue weighted by atomic mass is 9.83. The molecule has 0 amide bonds. The first-order chi connectivity index (χ1) is 26.1. The maximum Gasteiger partial charge on any atom is 0.135 e. The van der Waals surface area contributed by atoms with Crippen molar-refractivity contribution in [2.24, 2.45) is 0 Å². The monoisotopic (exact) mass is 581 g/mol. The van der Waals surface area contributed by atoms with E-state index in [-0.39, 0.29) is 52.9 Å². The molecule has 0 aliphatic heterocycles. The molecule has 0 aliphatic carbocycles. The van der Waals surface area contributed by atoms with Gasteiger partial charge < -0.3 is 4.42 Å². The number of furan rings is 1. The zero-order valence-electron chi connectivity index (χ0n) is 32.9. The maximum atomic E-state index is 9.71. The van der Waals surface area contributed by atoms with Gasteiger partial charge in [0.2, 0.25) is 0 Å². The van der Waals surface area contributed by atoms with E-state index in [9.17, 15) is 2.74 Å². The lowest BCUT2D eigenvalue weighted by Gasteiger charge is -2.20. The highest BCUT2D eigenvalue weighted by Gasteiger charge is 2.19. The molecule has 1 heterocycles. The lowest BCUT2D eigenvalue weighted by Crippen LogP contribution is -1.92. The quantitative estimate of drug-likeness (QED) is 0.188. The highest BCUT2D eigenvalue weighted by atomic mass is 16.3. The number of rotatable bonds is 4. The van der Waals surface area contributed by atoms with Crippen LogP contribution in [0.2, 0.25) is 0 Å². The molecule has 1 aromatic heterocycles. The first kappa shape index (κ1) is 18.0. The third-order valence-corrected chi connectivity index (χ3v) is 8.44. The second-order valence-electron chi connectivity index (χ2n) is 10.9. The van der Waals surface area contributed by atoms with Gasteiger partial charge >= 0.3 is 0 Å². The lowest BCUT2D eigenvalue weighted by molar-refractivity contribution is 0.669. The smallest absolute Gasteiger partial charge is 0.135 e. The standard InChI is InChI=1S/C44H28O/c1-2-13-29(14-3-1)33-17-4-5-19-35(33)44-38-22-8-6-20-36(38)43(37-21-7-9-23-39(37)44)32-16-12-15-30(27-32)31-25-26-42-40(28-31)34-18-10-11-24-41(34)45-42/h1-28H/i1D,2D,3D,12D,13D,14D,15D,16D,27D. The molecule has 0 aliphatic rings. The van der Waals surface area contributed by atoms with Gasteiger partial charge in [-0.05, 0) is 90.3 Å². The number of para-hydroxylation sites is 1. The van der Waals surface area contributed by atoms with Crippen LogP contribution in [0, 0.1) is 0 Å². The summed E-state index contributed by atoms with van der Waals surface area (Å²) in [7, 11) is 0. The van der Waals surface area contributed by atoms with Gasteiger partial charge in [-0.25, -0.2) is 0 Å². The molecular weight excluding hydrogens is 544 g/mol. The van der Waals surface area contributed by atoms with Crippen LogP contribution in [0.15, 0.2) is 174 Å². The van der Waals surface area contributed by atoms with E-state index in [0.29, 0.717) is 38.6 Å². The largest absolute Gasteiger partial charge is 0.456 e. The Balaban J connectivity index is 1.37. The van der Waals surface area contributed by atoms with Crippen molar-refractivity contribution >= 4 is 43.5 Å². The van der Waals surface area contributed by atoms with Gasteiger partial charge in [-0.1, -0.05) is 145 Å². The Hall–Kier alpha value is -5.92. The Kier molecular flexibility index (Phi) is 4.15. The number of fused-ring (bicyclic) bond motifs is 5. The van der Waals surface area contributed by atoms with Crippen LogP contribution >= 0.6 is 0 Å². The second-order valence-corrected chi connectivity index (χ2v) is 10.9. The molecule has 0 atom stereocenters. The van der Waals surface area contributed by atoms with E-state index in [2.05, 4.69) is 0 Å². The second kappa shape index (κ2) is 10.4. The third kappa shape index (κ3) is 4.17. The van der Waals surface area contributed by atoms with E-state index in [1.165, 1.54) is 0 Å². The van der Waals surface area contributed by atoms with E-state index in [1.807, 2.05) is 97.1 Å². The summed E-state index contributed by atoms with van der Waals surface area (Å²) in [6, 6.07) is 32.9. The highest BCUT2D eigenvalue weighted by molar-refractivity contribution is 6.22. The van der Waals surface area contributed by atoms with Crippen LogP contribution < -0.4 is 0 Å². The van der Waals surface area contributed by atoms with Gasteiger partial charge in [0.15, 0.2) is 0 Å². The predicted molar refractivity (Wildman–Crippen MR) is 190 cm³/mol. The number of hydrogen-bond donors (Lipinski definition) is 0. The first-order valence-corrected chi connectivity index (χ1v) is 14.7. The normalized spacial score (nSPS) is 14.4. The molecule has 0 radical (unpaired) electrons. The summed E-state index contributed by atoms with van der Waals surface area (Å²) >= 11 is 0. The van der Waals surface area contributed by atoms with Crippen molar-refractivity contribution in [2.45, 2.75) is 0 Å². The molecule has 210 valence electrons. The Morgan fingerprint density at radius 1 is 0.378 bits per heavy atom. The summed E-state index contributed by atoms with van der Waals surface area (Å²) in [5, 5.41) is 4.61. The maximum absolute atomic E-state index is 9.71. The van der Waals surface area contributed by atoms with E-state index in [0.717, 1.165) is 32.7 Å². The average Bonchev–Trinajstić information content (AvgIpc) is 3.57. The van der Waals surface area contributed by atoms with E-state index in [4.69, 9.17) is 14.0 Å². The Labute approximate surface area is 274 Å². The Morgan fingerprint density at radius 2 is 0.933 bits per heavy atom. The highest BCUT2D eigenvalue weighted by Crippen LogP contribution is 2.46. The van der Waals surface area contributed by atoms with Crippen LogP contribution in [0.25, 0.3) is 88.0 Å². The van der Waals surface area contributed by atoms with Gasteiger partial charge in [0.25, 0.3) is 0 Å². The van der Waals surface area contributed by atoms with E-state index < -0.39 is 18.1 Å². The van der Waals surface area contributed by atoms with Gasteiger partial charge in [-0.3, -0.25) is 0 Å². The van der Waals surface area contributed by atoms with Crippen LogP contribution in [0.4, 0.5) is 0 Å². The molecule has 9 aromatic rings. The SMILES string of the molecule is [2H]c1c([2H])c([2H])c(-c2ccccc2-c2c3ccccc3c(-c3c([2H])c([2H])c([2H])c(-c4ccc5oc6ccccc6c5c4)c3[2H])c3ccccc23)c([2H])c1[2H]. The molecule has 1 nitrogen and oxygen atoms in total. The van der Waals surface area contributed by atoms with Crippen LogP contribution in [0.3, 0.4) is 0 Å². The van der Waals surface area contributed by atoms with Crippen LogP contribution in [-0.2, 0) is 0 Å². The van der Waals surface area contributed by atoms with Crippen molar-refractivity contribution in [3.05, 3.63) is 170 Å². The summed E-state index contributed by atoms with van der Waals surface area (Å²) in [6.45, 7) is 0. The van der Waals surface area contributed by atoms with Crippen LogP contribution in [0.1, 0.15) is 12.3 Å². The molecular formula is C44H28O. The van der Waals surface area contributed by atoms with Gasteiger partial charge in [-0.15, -0.1) is 0 Å². The molecule has 0 spiro atoms. The minimum absolute atomic E-state index is 0.0456. The molecule has 0 fully saturated rings. The molecule has 0 saturated carbocycles. The van der Waals surface area contributed by atoms with Gasteiger partial charge in [0.05, 0.1) is 12.3 Å². The van der Waals surface area contributed by atoms with Crippen molar-refractivity contribution in [3.63, 3.8) is 0 Å². The fourth-order valence-electron chi connectivity index (χ4n) is 6.49. The average molecular weight is 582 g/mol. The van der Waals surface area contributed by atoms with Crippen LogP contribution in [-0.4, -0.2) is 0 Å². The van der Waals surface area contributed by atoms with Crippen molar-refractivity contribution in [1.29, 1.82) is 0 Å². The van der Waals surface area contributed by atoms with Crippen molar-refractivity contribution in [1.82, 2.24) is 0 Å². The van der Waals surface area contributed by atoms with E-state index in [1.54, 1.807) is 18.2 Å². The van der Waals surface area contributed by atoms with Gasteiger partial charge in [0, 0.05) is 10.8 Å². The molecule has 0 saturated heterocycles. The number of benzene rings is 8. The molecule has 0 N–H and O–H groups in total. The molecule has 45 heavy (non-hydrogen) atoms. The summed E-state index contributed by atoms with van der Waals surface area (Å²) in [5.41, 5.74) is 4.95. The Bertz CT molecular complexity index is 2970. The van der Waals surface area contributed by atoms with Gasteiger partial charge in [-0.2, -0.15) is 0 Å². The zero-order valence-corrected chi connectivity index (χ0v) is 23.9.